The number of terminal acetylenes is 1. The molecule has 112 valence electrons. The van der Waals surface area contributed by atoms with Crippen LogP contribution in [0.5, 0.6) is 5.75 Å². The standard InChI is InChI=1S/C19H19NO2/c1-3-15-8-7-10-17(14-15)20-19(21)13-12-16-9-5-6-11-18(16)22-4-2/h1,5-11,14H,4,12-13H2,2H3,(H,20,21). The Morgan fingerprint density at radius 2 is 2.05 bits per heavy atom. The Labute approximate surface area is 131 Å². The van der Waals surface area contributed by atoms with Gasteiger partial charge in [0.05, 0.1) is 6.61 Å². The molecule has 0 atom stereocenters. The van der Waals surface area contributed by atoms with Crippen molar-refractivity contribution in [1.29, 1.82) is 0 Å². The number of hydrogen-bond donors (Lipinski definition) is 1. The quantitative estimate of drug-likeness (QED) is 0.826. The van der Waals surface area contributed by atoms with E-state index in [0.717, 1.165) is 22.6 Å². The van der Waals surface area contributed by atoms with Gasteiger partial charge in [0, 0.05) is 17.7 Å². The molecule has 3 nitrogen and oxygen atoms in total. The summed E-state index contributed by atoms with van der Waals surface area (Å²) in [6.07, 6.45) is 6.38. The van der Waals surface area contributed by atoms with Crippen molar-refractivity contribution in [2.75, 3.05) is 11.9 Å². The fraction of sp³-hybridized carbons (Fsp3) is 0.211. The third-order valence-corrected chi connectivity index (χ3v) is 3.21. The number of carbonyl (C=O) groups excluding carboxylic acids is 1. The number of carbonyl (C=O) groups is 1. The summed E-state index contributed by atoms with van der Waals surface area (Å²) >= 11 is 0. The minimum Gasteiger partial charge on any atom is -0.494 e. The van der Waals surface area contributed by atoms with E-state index in [1.807, 2.05) is 49.4 Å². The molecule has 0 bridgehead atoms. The molecule has 0 spiro atoms. The van der Waals surface area contributed by atoms with Crippen LogP contribution in [0, 0.1) is 12.3 Å². The topological polar surface area (TPSA) is 38.3 Å². The fourth-order valence-corrected chi connectivity index (χ4v) is 2.17. The second-order valence-electron chi connectivity index (χ2n) is 4.81. The van der Waals surface area contributed by atoms with Gasteiger partial charge in [-0.1, -0.05) is 30.2 Å². The van der Waals surface area contributed by atoms with Crippen molar-refractivity contribution in [3.63, 3.8) is 0 Å². The van der Waals surface area contributed by atoms with Crippen LogP contribution in [0.4, 0.5) is 5.69 Å². The van der Waals surface area contributed by atoms with Gasteiger partial charge in [0.15, 0.2) is 0 Å². The first kappa shape index (κ1) is 15.7. The van der Waals surface area contributed by atoms with Crippen LogP contribution in [0.3, 0.4) is 0 Å². The van der Waals surface area contributed by atoms with Crippen molar-refractivity contribution in [1.82, 2.24) is 0 Å². The second kappa shape index (κ2) is 7.90. The number of para-hydroxylation sites is 1. The third-order valence-electron chi connectivity index (χ3n) is 3.21. The summed E-state index contributed by atoms with van der Waals surface area (Å²) in [5, 5.41) is 2.86. The SMILES string of the molecule is C#Cc1cccc(NC(=O)CCc2ccccc2OCC)c1. The molecule has 2 aromatic rings. The molecule has 1 amide bonds. The van der Waals surface area contributed by atoms with E-state index in [9.17, 15) is 4.79 Å². The lowest BCUT2D eigenvalue weighted by Crippen LogP contribution is -2.12. The van der Waals surface area contributed by atoms with Gasteiger partial charge in [-0.25, -0.2) is 0 Å². The average molecular weight is 293 g/mol. The molecule has 0 saturated carbocycles. The molecule has 0 aliphatic carbocycles. The largest absolute Gasteiger partial charge is 0.494 e. The lowest BCUT2D eigenvalue weighted by molar-refractivity contribution is -0.116. The second-order valence-corrected chi connectivity index (χ2v) is 4.81. The van der Waals surface area contributed by atoms with Crippen molar-refractivity contribution in [2.24, 2.45) is 0 Å². The molecule has 0 saturated heterocycles. The summed E-state index contributed by atoms with van der Waals surface area (Å²) in [4.78, 5) is 12.1. The van der Waals surface area contributed by atoms with Crippen LogP contribution in [0.25, 0.3) is 0 Å². The summed E-state index contributed by atoms with van der Waals surface area (Å²) in [5.41, 5.74) is 2.51. The molecular weight excluding hydrogens is 274 g/mol. The summed E-state index contributed by atoms with van der Waals surface area (Å²) < 4.78 is 5.56. The van der Waals surface area contributed by atoms with Crippen molar-refractivity contribution >= 4 is 11.6 Å². The molecule has 0 fully saturated rings. The van der Waals surface area contributed by atoms with Gasteiger partial charge in [-0.3, -0.25) is 4.79 Å². The Morgan fingerprint density at radius 3 is 2.82 bits per heavy atom. The Bertz CT molecular complexity index is 686. The lowest BCUT2D eigenvalue weighted by atomic mass is 10.1. The lowest BCUT2D eigenvalue weighted by Gasteiger charge is -2.10. The van der Waals surface area contributed by atoms with Crippen LogP contribution in [0.2, 0.25) is 0 Å². The van der Waals surface area contributed by atoms with Crippen molar-refractivity contribution in [3.8, 4) is 18.1 Å². The zero-order chi connectivity index (χ0) is 15.8. The molecule has 0 radical (unpaired) electrons. The Hall–Kier alpha value is -2.73. The maximum absolute atomic E-state index is 12.1. The van der Waals surface area contributed by atoms with Crippen LogP contribution in [-0.2, 0) is 11.2 Å². The van der Waals surface area contributed by atoms with Crippen molar-refractivity contribution in [2.45, 2.75) is 19.8 Å². The smallest absolute Gasteiger partial charge is 0.224 e. The molecular formula is C19H19NO2. The molecule has 2 aromatic carbocycles. The van der Waals surface area contributed by atoms with Gasteiger partial charge in [-0.15, -0.1) is 6.42 Å². The first-order valence-electron chi connectivity index (χ1n) is 7.30. The van der Waals surface area contributed by atoms with E-state index in [1.54, 1.807) is 6.07 Å². The summed E-state index contributed by atoms with van der Waals surface area (Å²) in [5.74, 6) is 3.35. The van der Waals surface area contributed by atoms with Crippen LogP contribution < -0.4 is 10.1 Å². The van der Waals surface area contributed by atoms with Gasteiger partial charge in [0.1, 0.15) is 5.75 Å². The number of benzene rings is 2. The minimum absolute atomic E-state index is 0.0412. The highest BCUT2D eigenvalue weighted by Gasteiger charge is 2.07. The van der Waals surface area contributed by atoms with E-state index in [-0.39, 0.29) is 5.91 Å². The molecule has 0 heterocycles. The van der Waals surface area contributed by atoms with E-state index in [0.29, 0.717) is 19.4 Å². The van der Waals surface area contributed by atoms with E-state index in [2.05, 4.69) is 11.2 Å². The highest BCUT2D eigenvalue weighted by molar-refractivity contribution is 5.91. The van der Waals surface area contributed by atoms with Crippen molar-refractivity contribution in [3.05, 3.63) is 59.7 Å². The van der Waals surface area contributed by atoms with Crippen LogP contribution in [-0.4, -0.2) is 12.5 Å². The normalized spacial score (nSPS) is 9.82. The predicted octanol–water partition coefficient (Wildman–Crippen LogP) is 3.64. The van der Waals surface area contributed by atoms with E-state index in [4.69, 9.17) is 11.2 Å². The third kappa shape index (κ3) is 4.39. The summed E-state index contributed by atoms with van der Waals surface area (Å²) in [7, 11) is 0. The van der Waals surface area contributed by atoms with E-state index >= 15 is 0 Å². The maximum Gasteiger partial charge on any atom is 0.224 e. The monoisotopic (exact) mass is 293 g/mol. The van der Waals surface area contributed by atoms with Gasteiger partial charge in [-0.2, -0.15) is 0 Å². The first-order chi connectivity index (χ1) is 10.7. The number of ether oxygens (including phenoxy) is 1. The molecule has 1 N–H and O–H groups in total. The minimum atomic E-state index is -0.0412. The van der Waals surface area contributed by atoms with Crippen LogP contribution in [0.15, 0.2) is 48.5 Å². The molecule has 0 unspecified atom stereocenters. The van der Waals surface area contributed by atoms with Gasteiger partial charge in [-0.05, 0) is 43.2 Å². The fourth-order valence-electron chi connectivity index (χ4n) is 2.17. The van der Waals surface area contributed by atoms with Gasteiger partial charge in [0.25, 0.3) is 0 Å². The Balaban J connectivity index is 1.94. The molecule has 0 aliphatic rings. The number of rotatable bonds is 6. The maximum atomic E-state index is 12.1. The molecule has 0 aliphatic heterocycles. The molecule has 2 rings (SSSR count). The highest BCUT2D eigenvalue weighted by Crippen LogP contribution is 2.20. The summed E-state index contributed by atoms with van der Waals surface area (Å²) in [6, 6.07) is 15.1. The summed E-state index contributed by atoms with van der Waals surface area (Å²) in [6.45, 7) is 2.56. The van der Waals surface area contributed by atoms with Gasteiger partial charge in [0.2, 0.25) is 5.91 Å². The van der Waals surface area contributed by atoms with Crippen molar-refractivity contribution < 1.29 is 9.53 Å². The molecule has 22 heavy (non-hydrogen) atoms. The highest BCUT2D eigenvalue weighted by atomic mass is 16.5. The Morgan fingerprint density at radius 1 is 1.23 bits per heavy atom. The number of amides is 1. The van der Waals surface area contributed by atoms with E-state index in [1.165, 1.54) is 0 Å². The first-order valence-corrected chi connectivity index (χ1v) is 7.30. The predicted molar refractivity (Wildman–Crippen MR) is 88.9 cm³/mol. The van der Waals surface area contributed by atoms with Crippen LogP contribution >= 0.6 is 0 Å². The number of anilines is 1. The Kier molecular flexibility index (Phi) is 5.62. The average Bonchev–Trinajstić information content (AvgIpc) is 2.54. The number of nitrogens with one attached hydrogen (secondary N) is 1. The van der Waals surface area contributed by atoms with Gasteiger partial charge < -0.3 is 10.1 Å². The van der Waals surface area contributed by atoms with E-state index < -0.39 is 0 Å². The zero-order valence-electron chi connectivity index (χ0n) is 12.6. The molecule has 0 aromatic heterocycles. The van der Waals surface area contributed by atoms with Gasteiger partial charge >= 0.3 is 0 Å². The zero-order valence-corrected chi connectivity index (χ0v) is 12.6. The molecule has 3 heteroatoms. The number of aryl methyl sites for hydroxylation is 1. The number of hydrogen-bond acceptors (Lipinski definition) is 2. The van der Waals surface area contributed by atoms with Crippen LogP contribution in [0.1, 0.15) is 24.5 Å².